The van der Waals surface area contributed by atoms with E-state index in [1.54, 1.807) is 42.5 Å². The number of rotatable bonds is 7. The molecule has 3 aromatic carbocycles. The zero-order valence-electron chi connectivity index (χ0n) is 25.4. The van der Waals surface area contributed by atoms with Crippen LogP contribution in [-0.2, 0) is 40.3 Å². The quantitative estimate of drug-likeness (QED) is 0.195. The highest BCUT2D eigenvalue weighted by molar-refractivity contribution is 6.08. The first-order valence-electron chi connectivity index (χ1n) is 13.8. The second kappa shape index (κ2) is 18.7. The Kier molecular flexibility index (Phi) is 15.9. The lowest BCUT2D eigenvalue weighted by Crippen LogP contribution is -2.35. The van der Waals surface area contributed by atoms with E-state index in [4.69, 9.17) is 42.1 Å². The monoisotopic (exact) mass is 702 g/mol. The van der Waals surface area contributed by atoms with Crippen LogP contribution < -0.4 is 22.1 Å². The summed E-state index contributed by atoms with van der Waals surface area (Å²) < 4.78 is 63.5. The number of carboxylic acids is 3. The van der Waals surface area contributed by atoms with Crippen LogP contribution in [0.3, 0.4) is 0 Å². The van der Waals surface area contributed by atoms with Crippen LogP contribution in [0.25, 0.3) is 0 Å². The molecule has 266 valence electrons. The number of aryl methyl sites for hydroxylation is 2. The number of fused-ring (bicyclic) bond motifs is 1. The fourth-order valence-electron chi connectivity index (χ4n) is 3.94. The first-order chi connectivity index (χ1) is 22.7. The van der Waals surface area contributed by atoms with Crippen molar-refractivity contribution in [3.05, 3.63) is 100 Å². The largest absolute Gasteiger partial charge is 0.490 e. The van der Waals surface area contributed by atoms with Gasteiger partial charge in [0.15, 0.2) is 0 Å². The number of anilines is 1. The number of hydrogen-bond donors (Lipinski definition) is 6. The number of carbonyl (C=O) groups is 5. The van der Waals surface area contributed by atoms with Gasteiger partial charge in [-0.3, -0.25) is 19.3 Å². The average Bonchev–Trinajstić information content (AvgIpc) is 3.51. The minimum Gasteiger partial charge on any atom is -0.480 e. The van der Waals surface area contributed by atoms with Crippen molar-refractivity contribution in [3.8, 4) is 0 Å². The van der Waals surface area contributed by atoms with Gasteiger partial charge in [-0.1, -0.05) is 30.3 Å². The number of benzene rings is 3. The van der Waals surface area contributed by atoms with Crippen molar-refractivity contribution in [2.75, 3.05) is 11.4 Å². The van der Waals surface area contributed by atoms with Gasteiger partial charge < -0.3 is 32.5 Å². The van der Waals surface area contributed by atoms with Gasteiger partial charge in [-0.15, -0.1) is 0 Å². The number of carboxylic acid groups (broad SMARTS) is 3. The van der Waals surface area contributed by atoms with Gasteiger partial charge in [0.25, 0.3) is 5.91 Å². The summed E-state index contributed by atoms with van der Waals surface area (Å²) >= 11 is 0. The van der Waals surface area contributed by atoms with Gasteiger partial charge in [0.05, 0.1) is 0 Å². The third-order valence-electron chi connectivity index (χ3n) is 6.30. The third-order valence-corrected chi connectivity index (χ3v) is 6.30. The molecular formula is C31H32F6N4O8. The average molecular weight is 703 g/mol. The molecule has 2 amide bonds. The highest BCUT2D eigenvalue weighted by Crippen LogP contribution is 2.23. The molecule has 3 aromatic rings. The SMILES string of the molecule is NC(=O)c1ccc2c(c1)CCC2.NCc1ccc(N(CC(=O)O)C(=O)c2cccc(CN)c2)cc1.O=C(O)C(F)(F)F.O=C(O)C(F)(F)F. The van der Waals surface area contributed by atoms with Crippen molar-refractivity contribution in [2.45, 2.75) is 44.7 Å². The lowest BCUT2D eigenvalue weighted by atomic mass is 10.1. The molecule has 1 aliphatic carbocycles. The smallest absolute Gasteiger partial charge is 0.480 e. The van der Waals surface area contributed by atoms with Gasteiger partial charge in [-0.2, -0.15) is 26.3 Å². The lowest BCUT2D eigenvalue weighted by Gasteiger charge is -2.21. The third kappa shape index (κ3) is 14.4. The number of hydrogen-bond acceptors (Lipinski definition) is 7. The molecule has 0 bridgehead atoms. The number of primary amides is 1. The molecule has 0 spiro atoms. The highest BCUT2D eigenvalue weighted by atomic mass is 19.4. The normalized spacial score (nSPS) is 11.6. The van der Waals surface area contributed by atoms with Crippen LogP contribution in [-0.4, -0.2) is 63.9 Å². The zero-order valence-corrected chi connectivity index (χ0v) is 25.4. The Morgan fingerprint density at radius 2 is 1.18 bits per heavy atom. The summed E-state index contributed by atoms with van der Waals surface area (Å²) in [6.45, 7) is 0.268. The summed E-state index contributed by atoms with van der Waals surface area (Å²) in [5.41, 5.74) is 22.2. The number of aliphatic carboxylic acids is 3. The molecule has 0 atom stereocenters. The lowest BCUT2D eigenvalue weighted by molar-refractivity contribution is -0.193. The molecule has 0 heterocycles. The van der Waals surface area contributed by atoms with E-state index in [-0.39, 0.29) is 11.8 Å². The maximum absolute atomic E-state index is 12.7. The molecule has 0 saturated carbocycles. The molecule has 0 saturated heterocycles. The van der Waals surface area contributed by atoms with E-state index in [1.165, 1.54) is 22.4 Å². The Morgan fingerprint density at radius 3 is 1.63 bits per heavy atom. The minimum absolute atomic E-state index is 0.311. The Bertz CT molecular complexity index is 1590. The van der Waals surface area contributed by atoms with Gasteiger partial charge in [0, 0.05) is 29.9 Å². The number of alkyl halides is 6. The molecule has 0 aliphatic heterocycles. The van der Waals surface area contributed by atoms with Crippen LogP contribution in [0.5, 0.6) is 0 Å². The van der Waals surface area contributed by atoms with Crippen molar-refractivity contribution in [1.82, 2.24) is 0 Å². The molecule has 0 fully saturated rings. The van der Waals surface area contributed by atoms with Crippen molar-refractivity contribution in [2.24, 2.45) is 17.2 Å². The van der Waals surface area contributed by atoms with Crippen LogP contribution in [0.4, 0.5) is 32.0 Å². The fourth-order valence-corrected chi connectivity index (χ4v) is 3.94. The van der Waals surface area contributed by atoms with Gasteiger partial charge in [-0.05, 0) is 77.9 Å². The molecule has 0 radical (unpaired) electrons. The Hall–Kier alpha value is -5.49. The van der Waals surface area contributed by atoms with Crippen LogP contribution in [0, 0.1) is 0 Å². The predicted octanol–water partition coefficient (Wildman–Crippen LogP) is 3.88. The number of nitrogens with zero attached hydrogens (tertiary/aromatic N) is 1. The van der Waals surface area contributed by atoms with E-state index >= 15 is 0 Å². The maximum atomic E-state index is 12.7. The van der Waals surface area contributed by atoms with E-state index in [1.807, 2.05) is 24.3 Å². The van der Waals surface area contributed by atoms with E-state index in [0.717, 1.165) is 24.0 Å². The second-order valence-corrected chi connectivity index (χ2v) is 9.87. The van der Waals surface area contributed by atoms with E-state index in [9.17, 15) is 40.7 Å². The first kappa shape index (κ1) is 41.5. The van der Waals surface area contributed by atoms with Gasteiger partial charge in [-0.25, -0.2) is 9.59 Å². The van der Waals surface area contributed by atoms with E-state index in [0.29, 0.717) is 29.9 Å². The molecule has 1 aliphatic rings. The predicted molar refractivity (Wildman–Crippen MR) is 162 cm³/mol. The van der Waals surface area contributed by atoms with Crippen molar-refractivity contribution >= 4 is 35.4 Å². The van der Waals surface area contributed by atoms with Gasteiger partial charge >= 0.3 is 30.3 Å². The number of amides is 2. The Morgan fingerprint density at radius 1 is 0.673 bits per heavy atom. The fraction of sp³-hybridized carbons (Fsp3) is 0.258. The summed E-state index contributed by atoms with van der Waals surface area (Å²) in [5, 5.41) is 23.4. The molecule has 0 aromatic heterocycles. The standard InChI is InChI=1S/C17H19N3O3.C10H11NO.2C2HF3O2/c18-9-12-4-6-15(7-5-12)20(11-16(21)22)17(23)14-3-1-2-13(8-14)10-19;11-10(12)9-5-4-7-2-1-3-8(7)6-9;2*3-2(4,5)1(6)7/h1-8H,9-11,18-19H2,(H,21,22);4-6H,1-3H2,(H2,11,12);2*(H,6,7). The molecule has 49 heavy (non-hydrogen) atoms. The first-order valence-corrected chi connectivity index (χ1v) is 13.8. The van der Waals surface area contributed by atoms with Crippen LogP contribution >= 0.6 is 0 Å². The number of nitrogens with two attached hydrogens (primary N) is 3. The van der Waals surface area contributed by atoms with Crippen LogP contribution in [0.1, 0.15) is 49.4 Å². The zero-order chi connectivity index (χ0) is 37.5. The summed E-state index contributed by atoms with van der Waals surface area (Å²) in [7, 11) is 0. The summed E-state index contributed by atoms with van der Waals surface area (Å²) in [4.78, 5) is 53.7. The molecule has 9 N–H and O–H groups in total. The van der Waals surface area contributed by atoms with Gasteiger partial charge in [0.2, 0.25) is 5.91 Å². The van der Waals surface area contributed by atoms with Crippen molar-refractivity contribution in [3.63, 3.8) is 0 Å². The molecular weight excluding hydrogens is 670 g/mol. The molecule has 12 nitrogen and oxygen atoms in total. The van der Waals surface area contributed by atoms with Gasteiger partial charge in [0.1, 0.15) is 6.54 Å². The number of carbonyl (C=O) groups excluding carboxylic acids is 2. The molecule has 18 heteroatoms. The summed E-state index contributed by atoms with van der Waals surface area (Å²) in [6.07, 6.45) is -6.72. The van der Waals surface area contributed by atoms with Crippen molar-refractivity contribution < 1.29 is 65.6 Å². The van der Waals surface area contributed by atoms with E-state index in [2.05, 4.69) is 0 Å². The topological polar surface area (TPSA) is 227 Å². The van der Waals surface area contributed by atoms with Crippen LogP contribution in [0.15, 0.2) is 66.7 Å². The summed E-state index contributed by atoms with van der Waals surface area (Å²) in [6, 6.07) is 19.5. The Labute approximate surface area is 274 Å². The maximum Gasteiger partial charge on any atom is 0.490 e. The number of halogens is 6. The second-order valence-electron chi connectivity index (χ2n) is 9.87. The molecule has 4 rings (SSSR count). The minimum atomic E-state index is -5.08. The highest BCUT2D eigenvalue weighted by Gasteiger charge is 2.38. The Balaban J connectivity index is 0.000000382. The molecule has 0 unspecified atom stereocenters. The van der Waals surface area contributed by atoms with E-state index < -0.39 is 36.8 Å². The van der Waals surface area contributed by atoms with Crippen LogP contribution in [0.2, 0.25) is 0 Å². The van der Waals surface area contributed by atoms with Crippen molar-refractivity contribution in [1.29, 1.82) is 0 Å². The summed E-state index contributed by atoms with van der Waals surface area (Å²) in [5.74, 6) is -7.32.